The second-order valence-electron chi connectivity index (χ2n) is 8.90. The van der Waals surface area contributed by atoms with Gasteiger partial charge in [0.25, 0.3) is 0 Å². The molecule has 0 amide bonds. The van der Waals surface area contributed by atoms with Crippen molar-refractivity contribution in [2.24, 2.45) is 33.7 Å². The predicted molar refractivity (Wildman–Crippen MR) is 88.3 cm³/mol. The standard InChI is InChI=1S/C19H29NO3/c1-18-7-5-12(21)9-11(18)3-4-13-14(18)6-8-19(2)15(13)10-16(20-23)17(19)22/h3,12-15,17,21-23H,4-10H2,1-2H3/b20-16+/t12-,13+,14+,15+,17-,18-,19-/m0/s1. The minimum absolute atomic E-state index is 0.140. The Morgan fingerprint density at radius 2 is 1.87 bits per heavy atom. The molecule has 0 aromatic carbocycles. The summed E-state index contributed by atoms with van der Waals surface area (Å²) in [6, 6.07) is 0. The fourth-order valence-electron chi connectivity index (χ4n) is 6.53. The maximum Gasteiger partial charge on any atom is 0.101 e. The fraction of sp³-hybridized carbons (Fsp3) is 0.842. The fourth-order valence-corrected chi connectivity index (χ4v) is 6.53. The highest BCUT2D eigenvalue weighted by Gasteiger charge is 2.60. The highest BCUT2D eigenvalue weighted by molar-refractivity contribution is 5.91. The van der Waals surface area contributed by atoms with Crippen molar-refractivity contribution in [1.82, 2.24) is 0 Å². The lowest BCUT2D eigenvalue weighted by atomic mass is 9.48. The third-order valence-corrected chi connectivity index (χ3v) is 8.01. The summed E-state index contributed by atoms with van der Waals surface area (Å²) in [5, 5.41) is 33.3. The SMILES string of the molecule is C[C@]12CC[C@@H]3[C@@H](CC=C4C[C@@H](O)CC[C@@]43C)[C@H]1C/C(=N\O)[C@@H]2O. The molecule has 0 aliphatic heterocycles. The van der Waals surface area contributed by atoms with Crippen LogP contribution in [0.4, 0.5) is 0 Å². The highest BCUT2D eigenvalue weighted by atomic mass is 16.4. The van der Waals surface area contributed by atoms with E-state index in [2.05, 4.69) is 25.1 Å². The van der Waals surface area contributed by atoms with Crippen LogP contribution < -0.4 is 0 Å². The first-order valence-corrected chi connectivity index (χ1v) is 9.16. The molecule has 0 aromatic rings. The smallest absolute Gasteiger partial charge is 0.101 e. The first-order chi connectivity index (χ1) is 10.9. The van der Waals surface area contributed by atoms with Gasteiger partial charge in [-0.2, -0.15) is 0 Å². The second-order valence-corrected chi connectivity index (χ2v) is 8.90. The van der Waals surface area contributed by atoms with Gasteiger partial charge in [0, 0.05) is 5.41 Å². The molecule has 4 aliphatic carbocycles. The average Bonchev–Trinajstić information content (AvgIpc) is 2.79. The Bertz CT molecular complexity index is 571. The second kappa shape index (κ2) is 5.06. The lowest BCUT2D eigenvalue weighted by Crippen LogP contribution is -2.51. The van der Waals surface area contributed by atoms with Crippen LogP contribution in [-0.4, -0.2) is 33.3 Å². The van der Waals surface area contributed by atoms with Gasteiger partial charge in [0.2, 0.25) is 0 Å². The summed E-state index contributed by atoms with van der Waals surface area (Å²) in [6.07, 6.45) is 8.38. The molecule has 0 heterocycles. The zero-order chi connectivity index (χ0) is 16.4. The number of rotatable bonds is 0. The highest BCUT2D eigenvalue weighted by Crippen LogP contribution is 2.64. The van der Waals surface area contributed by atoms with Gasteiger partial charge in [-0.25, -0.2) is 0 Å². The van der Waals surface area contributed by atoms with Gasteiger partial charge in [-0.3, -0.25) is 0 Å². The molecule has 0 bridgehead atoms. The maximum atomic E-state index is 10.6. The van der Waals surface area contributed by atoms with Crippen molar-refractivity contribution < 1.29 is 15.4 Å². The predicted octanol–water partition coefficient (Wildman–Crippen LogP) is 3.11. The molecule has 0 unspecified atom stereocenters. The zero-order valence-corrected chi connectivity index (χ0v) is 14.2. The molecule has 128 valence electrons. The molecule has 0 saturated heterocycles. The van der Waals surface area contributed by atoms with Crippen LogP contribution in [0.2, 0.25) is 0 Å². The number of aliphatic hydroxyl groups excluding tert-OH is 2. The van der Waals surface area contributed by atoms with Crippen molar-refractivity contribution in [3.05, 3.63) is 11.6 Å². The van der Waals surface area contributed by atoms with Crippen LogP contribution in [0.1, 0.15) is 58.8 Å². The summed E-state index contributed by atoms with van der Waals surface area (Å²) in [5.74, 6) is 1.61. The molecule has 4 heteroatoms. The number of hydrogen-bond donors (Lipinski definition) is 3. The molecule has 23 heavy (non-hydrogen) atoms. The van der Waals surface area contributed by atoms with Crippen LogP contribution in [0, 0.1) is 28.6 Å². The topological polar surface area (TPSA) is 73.1 Å². The van der Waals surface area contributed by atoms with E-state index in [-0.39, 0.29) is 16.9 Å². The van der Waals surface area contributed by atoms with Gasteiger partial charge in [-0.15, -0.1) is 0 Å². The normalized spacial score (nSPS) is 54.2. The third-order valence-electron chi connectivity index (χ3n) is 8.01. The van der Waals surface area contributed by atoms with E-state index in [0.29, 0.717) is 23.5 Å². The van der Waals surface area contributed by atoms with Gasteiger partial charge < -0.3 is 15.4 Å². The third kappa shape index (κ3) is 2.00. The molecule has 4 rings (SSSR count). The lowest BCUT2D eigenvalue weighted by Gasteiger charge is -2.57. The summed E-state index contributed by atoms with van der Waals surface area (Å²) >= 11 is 0. The molecule has 4 nitrogen and oxygen atoms in total. The van der Waals surface area contributed by atoms with Crippen molar-refractivity contribution in [2.45, 2.75) is 71.0 Å². The number of allylic oxidation sites excluding steroid dienone is 1. The molecule has 7 atom stereocenters. The summed E-state index contributed by atoms with van der Waals surface area (Å²) in [6.45, 7) is 4.58. The summed E-state index contributed by atoms with van der Waals surface area (Å²) in [7, 11) is 0. The van der Waals surface area contributed by atoms with Gasteiger partial charge in [0.05, 0.1) is 11.8 Å². The molecular formula is C19H29NO3. The number of aliphatic hydroxyl groups is 2. The Balaban J connectivity index is 1.69. The molecule has 3 N–H and O–H groups in total. The summed E-state index contributed by atoms with van der Waals surface area (Å²) in [5.41, 5.74) is 2.12. The Labute approximate surface area is 138 Å². The van der Waals surface area contributed by atoms with E-state index >= 15 is 0 Å². The molecule has 3 fully saturated rings. The van der Waals surface area contributed by atoms with Crippen LogP contribution >= 0.6 is 0 Å². The Kier molecular flexibility index (Phi) is 3.44. The van der Waals surface area contributed by atoms with Gasteiger partial charge in [-0.1, -0.05) is 30.7 Å². The first kappa shape index (κ1) is 15.6. The largest absolute Gasteiger partial charge is 0.411 e. The van der Waals surface area contributed by atoms with Crippen molar-refractivity contribution in [3.63, 3.8) is 0 Å². The van der Waals surface area contributed by atoms with Crippen LogP contribution in [0.3, 0.4) is 0 Å². The number of oxime groups is 1. The molecule has 0 aromatic heterocycles. The molecule has 3 saturated carbocycles. The quantitative estimate of drug-likeness (QED) is 0.365. The van der Waals surface area contributed by atoms with Crippen molar-refractivity contribution in [1.29, 1.82) is 0 Å². The molecular weight excluding hydrogens is 290 g/mol. The Morgan fingerprint density at radius 3 is 2.61 bits per heavy atom. The summed E-state index contributed by atoms with van der Waals surface area (Å²) in [4.78, 5) is 0. The van der Waals surface area contributed by atoms with Gasteiger partial charge in [0.15, 0.2) is 0 Å². The maximum absolute atomic E-state index is 10.6. The number of hydrogen-bond acceptors (Lipinski definition) is 4. The van der Waals surface area contributed by atoms with E-state index in [4.69, 9.17) is 0 Å². The van der Waals surface area contributed by atoms with E-state index in [1.807, 2.05) is 0 Å². The Hall–Kier alpha value is -0.870. The van der Waals surface area contributed by atoms with Gasteiger partial charge in [-0.05, 0) is 68.1 Å². The van der Waals surface area contributed by atoms with Crippen LogP contribution in [0.5, 0.6) is 0 Å². The van der Waals surface area contributed by atoms with Crippen LogP contribution in [-0.2, 0) is 0 Å². The van der Waals surface area contributed by atoms with Crippen molar-refractivity contribution in [2.75, 3.05) is 0 Å². The lowest BCUT2D eigenvalue weighted by molar-refractivity contribution is -0.0671. The van der Waals surface area contributed by atoms with E-state index in [1.54, 1.807) is 0 Å². The van der Waals surface area contributed by atoms with E-state index < -0.39 is 6.10 Å². The van der Waals surface area contributed by atoms with E-state index in [1.165, 1.54) is 5.57 Å². The van der Waals surface area contributed by atoms with Crippen LogP contribution in [0.15, 0.2) is 16.8 Å². The van der Waals surface area contributed by atoms with Gasteiger partial charge >= 0.3 is 0 Å². The minimum atomic E-state index is -0.593. The first-order valence-electron chi connectivity index (χ1n) is 9.16. The van der Waals surface area contributed by atoms with Crippen molar-refractivity contribution in [3.8, 4) is 0 Å². The van der Waals surface area contributed by atoms with E-state index in [0.717, 1.165) is 44.9 Å². The van der Waals surface area contributed by atoms with Crippen LogP contribution in [0.25, 0.3) is 0 Å². The number of nitrogens with zero attached hydrogens (tertiary/aromatic N) is 1. The monoisotopic (exact) mass is 319 g/mol. The minimum Gasteiger partial charge on any atom is -0.411 e. The molecule has 0 radical (unpaired) electrons. The average molecular weight is 319 g/mol. The molecule has 0 spiro atoms. The Morgan fingerprint density at radius 1 is 1.09 bits per heavy atom. The zero-order valence-electron chi connectivity index (χ0n) is 14.2. The van der Waals surface area contributed by atoms with Gasteiger partial charge in [0.1, 0.15) is 6.10 Å². The number of fused-ring (bicyclic) bond motifs is 5. The molecule has 4 aliphatic rings. The van der Waals surface area contributed by atoms with E-state index in [9.17, 15) is 15.4 Å². The summed E-state index contributed by atoms with van der Waals surface area (Å²) < 4.78 is 0. The van der Waals surface area contributed by atoms with Crippen molar-refractivity contribution >= 4 is 5.71 Å².